The fourth-order valence-corrected chi connectivity index (χ4v) is 2.16. The van der Waals surface area contributed by atoms with Crippen LogP contribution >= 0.6 is 11.8 Å². The highest BCUT2D eigenvalue weighted by Gasteiger charge is 2.08. The normalized spacial score (nSPS) is 10.3. The molecule has 2 aromatic rings. The van der Waals surface area contributed by atoms with Crippen molar-refractivity contribution >= 4 is 34.9 Å². The van der Waals surface area contributed by atoms with Gasteiger partial charge in [-0.25, -0.2) is 9.37 Å². The molecule has 7 nitrogen and oxygen atoms in total. The van der Waals surface area contributed by atoms with Gasteiger partial charge in [0, 0.05) is 6.07 Å². The number of nitrogens with one attached hydrogen (secondary N) is 2. The fraction of sp³-hybridized carbons (Fsp3) is 0.0833. The Morgan fingerprint density at radius 2 is 2.14 bits per heavy atom. The van der Waals surface area contributed by atoms with E-state index >= 15 is 0 Å². The average Bonchev–Trinajstić information content (AvgIpc) is 2.40. The van der Waals surface area contributed by atoms with E-state index in [1.165, 1.54) is 12.1 Å². The maximum Gasteiger partial charge on any atom is 0.253 e. The first-order chi connectivity index (χ1) is 9.94. The van der Waals surface area contributed by atoms with Crippen LogP contribution in [0, 0.1) is 5.82 Å². The van der Waals surface area contributed by atoms with Gasteiger partial charge in [0.05, 0.1) is 17.1 Å². The van der Waals surface area contributed by atoms with E-state index < -0.39 is 17.3 Å². The minimum atomic E-state index is -0.506. The van der Waals surface area contributed by atoms with Gasteiger partial charge in [-0.3, -0.25) is 9.59 Å². The zero-order valence-corrected chi connectivity index (χ0v) is 11.5. The second kappa shape index (κ2) is 6.27. The van der Waals surface area contributed by atoms with E-state index in [0.717, 1.165) is 23.9 Å². The highest BCUT2D eigenvalue weighted by molar-refractivity contribution is 7.99. The van der Waals surface area contributed by atoms with Gasteiger partial charge in [-0.2, -0.15) is 0 Å². The quantitative estimate of drug-likeness (QED) is 0.376. The monoisotopic (exact) mass is 309 g/mol. The third-order valence-electron chi connectivity index (χ3n) is 2.37. The second-order valence-corrected chi connectivity index (χ2v) is 5.01. The summed E-state index contributed by atoms with van der Waals surface area (Å²) in [6.45, 7) is 0. The lowest BCUT2D eigenvalue weighted by atomic mass is 10.2. The number of aromatic nitrogens is 2. The number of aromatic amines is 1. The van der Waals surface area contributed by atoms with Crippen LogP contribution in [0.4, 0.5) is 21.6 Å². The van der Waals surface area contributed by atoms with E-state index in [4.69, 9.17) is 11.5 Å². The maximum atomic E-state index is 13.1. The molecule has 0 saturated heterocycles. The number of nitrogen functional groups attached to an aromatic ring is 2. The standard InChI is InChI=1S/C12H12FN5O2S/c13-6-1-2-7(14)8(3-6)16-11(20)5-21-12-17-9(15)4-10(19)18-12/h1-4H,5,14H2,(H,16,20)(H3,15,17,18,19). The molecule has 1 heterocycles. The molecule has 0 bridgehead atoms. The summed E-state index contributed by atoms with van der Waals surface area (Å²) < 4.78 is 13.1. The lowest BCUT2D eigenvalue weighted by Gasteiger charge is -2.08. The van der Waals surface area contributed by atoms with Crippen molar-refractivity contribution in [1.29, 1.82) is 0 Å². The third kappa shape index (κ3) is 4.21. The Hall–Kier alpha value is -2.55. The summed E-state index contributed by atoms with van der Waals surface area (Å²) in [5.74, 6) is -0.894. The average molecular weight is 309 g/mol. The van der Waals surface area contributed by atoms with E-state index in [2.05, 4.69) is 15.3 Å². The topological polar surface area (TPSA) is 127 Å². The molecule has 0 saturated carbocycles. The van der Waals surface area contributed by atoms with Gasteiger partial charge >= 0.3 is 0 Å². The van der Waals surface area contributed by atoms with Crippen LogP contribution in [0.2, 0.25) is 0 Å². The SMILES string of the molecule is Nc1cc(=O)[nH]c(SCC(=O)Nc2cc(F)ccc2N)n1. The second-order valence-electron chi connectivity index (χ2n) is 4.04. The van der Waals surface area contributed by atoms with Crippen molar-refractivity contribution in [2.45, 2.75) is 5.16 Å². The number of hydrogen-bond acceptors (Lipinski definition) is 6. The highest BCUT2D eigenvalue weighted by Crippen LogP contribution is 2.20. The molecule has 110 valence electrons. The van der Waals surface area contributed by atoms with Crippen LogP contribution in [0.5, 0.6) is 0 Å². The molecule has 0 atom stereocenters. The molecule has 1 aromatic heterocycles. The lowest BCUT2D eigenvalue weighted by molar-refractivity contribution is -0.113. The number of amides is 1. The van der Waals surface area contributed by atoms with Gasteiger partial charge < -0.3 is 21.8 Å². The van der Waals surface area contributed by atoms with Gasteiger partial charge in [0.15, 0.2) is 5.16 Å². The van der Waals surface area contributed by atoms with E-state index in [9.17, 15) is 14.0 Å². The number of benzene rings is 1. The number of carbonyl (C=O) groups excluding carboxylic acids is 1. The van der Waals surface area contributed by atoms with Crippen molar-refractivity contribution in [3.63, 3.8) is 0 Å². The smallest absolute Gasteiger partial charge is 0.253 e. The number of thioether (sulfide) groups is 1. The van der Waals surface area contributed by atoms with E-state index in [1.807, 2.05) is 0 Å². The minimum absolute atomic E-state index is 0.0393. The number of rotatable bonds is 4. The molecule has 1 amide bonds. The lowest BCUT2D eigenvalue weighted by Crippen LogP contribution is -2.16. The first kappa shape index (κ1) is 14.9. The molecule has 21 heavy (non-hydrogen) atoms. The number of nitrogens with two attached hydrogens (primary N) is 2. The van der Waals surface area contributed by atoms with E-state index in [1.54, 1.807) is 0 Å². The van der Waals surface area contributed by atoms with Gasteiger partial charge in [-0.15, -0.1) is 0 Å². The summed E-state index contributed by atoms with van der Waals surface area (Å²) >= 11 is 0.993. The van der Waals surface area contributed by atoms with Crippen molar-refractivity contribution in [3.05, 3.63) is 40.4 Å². The molecule has 0 aliphatic rings. The number of H-pyrrole nitrogens is 1. The minimum Gasteiger partial charge on any atom is -0.397 e. The van der Waals surface area contributed by atoms with Crippen LogP contribution in [0.15, 0.2) is 34.2 Å². The molecule has 9 heteroatoms. The van der Waals surface area contributed by atoms with Crippen molar-refractivity contribution in [2.24, 2.45) is 0 Å². The van der Waals surface area contributed by atoms with Crippen molar-refractivity contribution < 1.29 is 9.18 Å². The Balaban J connectivity index is 1.99. The zero-order chi connectivity index (χ0) is 15.4. The predicted molar refractivity (Wildman–Crippen MR) is 79.4 cm³/mol. The molecule has 1 aromatic carbocycles. The van der Waals surface area contributed by atoms with Crippen molar-refractivity contribution in [3.8, 4) is 0 Å². The zero-order valence-electron chi connectivity index (χ0n) is 10.7. The number of hydrogen-bond donors (Lipinski definition) is 4. The number of carbonyl (C=O) groups is 1. The maximum absolute atomic E-state index is 13.1. The van der Waals surface area contributed by atoms with E-state index in [-0.39, 0.29) is 28.1 Å². The predicted octanol–water partition coefficient (Wildman–Crippen LogP) is 0.804. The molecule has 0 aliphatic heterocycles. The molecular weight excluding hydrogens is 297 g/mol. The Morgan fingerprint density at radius 1 is 1.38 bits per heavy atom. The molecule has 0 spiro atoms. The largest absolute Gasteiger partial charge is 0.397 e. The van der Waals surface area contributed by atoms with Crippen molar-refractivity contribution in [1.82, 2.24) is 9.97 Å². The molecule has 6 N–H and O–H groups in total. The Labute approximate surface area is 122 Å². The molecule has 0 fully saturated rings. The Morgan fingerprint density at radius 3 is 2.86 bits per heavy atom. The number of anilines is 3. The van der Waals surface area contributed by atoms with Crippen LogP contribution in [0.1, 0.15) is 0 Å². The summed E-state index contributed by atoms with van der Waals surface area (Å²) in [5.41, 5.74) is 11.1. The summed E-state index contributed by atoms with van der Waals surface area (Å²) in [5, 5.41) is 2.70. The fourth-order valence-electron chi connectivity index (χ4n) is 1.48. The first-order valence-corrected chi connectivity index (χ1v) is 6.77. The highest BCUT2D eigenvalue weighted by atomic mass is 32.2. The van der Waals surface area contributed by atoms with Crippen LogP contribution in [0.25, 0.3) is 0 Å². The van der Waals surface area contributed by atoms with E-state index in [0.29, 0.717) is 0 Å². The summed E-state index contributed by atoms with van der Waals surface area (Å²) in [6.07, 6.45) is 0. The van der Waals surface area contributed by atoms with Crippen LogP contribution in [-0.2, 0) is 4.79 Å². The molecule has 0 aliphatic carbocycles. The van der Waals surface area contributed by atoms with Gasteiger partial charge in [-0.05, 0) is 18.2 Å². The third-order valence-corrected chi connectivity index (χ3v) is 3.24. The molecule has 0 unspecified atom stereocenters. The molecule has 0 radical (unpaired) electrons. The summed E-state index contributed by atoms with van der Waals surface area (Å²) in [4.78, 5) is 29.2. The Bertz CT molecular complexity index is 734. The number of halogens is 1. The van der Waals surface area contributed by atoms with Crippen LogP contribution < -0.4 is 22.3 Å². The molecular formula is C12H12FN5O2S. The summed E-state index contributed by atoms with van der Waals surface area (Å²) in [6, 6.07) is 4.81. The van der Waals surface area contributed by atoms with Gasteiger partial charge in [0.25, 0.3) is 5.56 Å². The summed E-state index contributed by atoms with van der Waals surface area (Å²) in [7, 11) is 0. The van der Waals surface area contributed by atoms with Crippen LogP contribution in [-0.4, -0.2) is 21.6 Å². The Kier molecular flexibility index (Phi) is 4.43. The van der Waals surface area contributed by atoms with Crippen molar-refractivity contribution in [2.75, 3.05) is 22.5 Å². The van der Waals surface area contributed by atoms with Gasteiger partial charge in [0.2, 0.25) is 5.91 Å². The molecule has 2 rings (SSSR count). The first-order valence-electron chi connectivity index (χ1n) is 5.78. The van der Waals surface area contributed by atoms with Gasteiger partial charge in [-0.1, -0.05) is 11.8 Å². The van der Waals surface area contributed by atoms with Gasteiger partial charge in [0.1, 0.15) is 11.6 Å². The number of nitrogens with zero attached hydrogens (tertiary/aromatic N) is 1. The van der Waals surface area contributed by atoms with Crippen LogP contribution in [0.3, 0.4) is 0 Å².